The first-order chi connectivity index (χ1) is 13.3. The van der Waals surface area contributed by atoms with Gasteiger partial charge in [-0.1, -0.05) is 23.7 Å². The monoisotopic (exact) mass is 399 g/mol. The minimum Gasteiger partial charge on any atom is -0.339 e. The van der Waals surface area contributed by atoms with E-state index >= 15 is 0 Å². The molecule has 0 spiro atoms. The lowest BCUT2D eigenvalue weighted by Crippen LogP contribution is -2.33. The number of likely N-dealkylation sites (tertiary alicyclic amines) is 1. The highest BCUT2D eigenvalue weighted by molar-refractivity contribution is 6.33. The molecule has 2 aromatic rings. The van der Waals surface area contributed by atoms with Crippen molar-refractivity contribution in [3.05, 3.63) is 59.1 Å². The highest BCUT2D eigenvalue weighted by Crippen LogP contribution is 2.23. The fourth-order valence-corrected chi connectivity index (χ4v) is 3.30. The van der Waals surface area contributed by atoms with Gasteiger partial charge in [-0.3, -0.25) is 14.4 Å². The van der Waals surface area contributed by atoms with Gasteiger partial charge in [-0.2, -0.15) is 0 Å². The Labute approximate surface area is 168 Å². The van der Waals surface area contributed by atoms with Gasteiger partial charge < -0.3 is 15.5 Å². The fraction of sp³-hybridized carbons (Fsp3) is 0.286. The van der Waals surface area contributed by atoms with Crippen molar-refractivity contribution < 1.29 is 14.4 Å². The predicted octanol–water partition coefficient (Wildman–Crippen LogP) is 3.79. The van der Waals surface area contributed by atoms with Crippen LogP contribution in [0.3, 0.4) is 0 Å². The highest BCUT2D eigenvalue weighted by Gasteiger charge is 2.35. The zero-order chi connectivity index (χ0) is 20.3. The molecular weight excluding hydrogens is 378 g/mol. The molecule has 1 atom stereocenters. The largest absolute Gasteiger partial charge is 0.339 e. The molecule has 0 aliphatic carbocycles. The summed E-state index contributed by atoms with van der Waals surface area (Å²) in [5, 5.41) is 6.03. The number of para-hydroxylation sites is 1. The SMILES string of the molecule is CC(C)N1CC(C(=O)Nc2ccc(C(=O)Nc3ccccc3Cl)cc2)CC1=O. The zero-order valence-electron chi connectivity index (χ0n) is 15.7. The number of carbonyl (C=O) groups is 3. The maximum atomic E-state index is 12.4. The van der Waals surface area contributed by atoms with Gasteiger partial charge in [0.1, 0.15) is 0 Å². The number of hydrogen-bond acceptors (Lipinski definition) is 3. The van der Waals surface area contributed by atoms with E-state index < -0.39 is 0 Å². The van der Waals surface area contributed by atoms with Gasteiger partial charge in [0.05, 0.1) is 16.6 Å². The standard InChI is InChI=1S/C21H22ClN3O3/c1-13(2)25-12-15(11-19(25)26)21(28)23-16-9-7-14(8-10-16)20(27)24-18-6-4-3-5-17(18)22/h3-10,13,15H,11-12H2,1-2H3,(H,23,28)(H,24,27). The molecule has 1 unspecified atom stereocenters. The first-order valence-corrected chi connectivity index (χ1v) is 9.49. The normalized spacial score (nSPS) is 16.4. The Balaban J connectivity index is 1.60. The molecule has 3 rings (SSSR count). The van der Waals surface area contributed by atoms with E-state index in [1.54, 1.807) is 53.4 Å². The van der Waals surface area contributed by atoms with Crippen molar-refractivity contribution in [1.82, 2.24) is 4.90 Å². The summed E-state index contributed by atoms with van der Waals surface area (Å²) in [6, 6.07) is 13.7. The number of hydrogen-bond donors (Lipinski definition) is 2. The smallest absolute Gasteiger partial charge is 0.255 e. The van der Waals surface area contributed by atoms with E-state index in [2.05, 4.69) is 10.6 Å². The molecule has 0 saturated carbocycles. The van der Waals surface area contributed by atoms with Gasteiger partial charge >= 0.3 is 0 Å². The second kappa shape index (κ2) is 8.44. The third-order valence-electron chi connectivity index (χ3n) is 4.69. The summed E-state index contributed by atoms with van der Waals surface area (Å²) in [6.07, 6.45) is 0.225. The molecule has 0 bridgehead atoms. The summed E-state index contributed by atoms with van der Waals surface area (Å²) < 4.78 is 0. The summed E-state index contributed by atoms with van der Waals surface area (Å²) in [5.74, 6) is -0.843. The van der Waals surface area contributed by atoms with Crippen molar-refractivity contribution in [3.8, 4) is 0 Å². The summed E-state index contributed by atoms with van der Waals surface area (Å²) in [5.41, 5.74) is 1.56. The Kier molecular flexibility index (Phi) is 5.99. The van der Waals surface area contributed by atoms with Gasteiger partial charge in [0, 0.05) is 30.3 Å². The van der Waals surface area contributed by atoms with E-state index in [-0.39, 0.29) is 36.1 Å². The number of nitrogens with one attached hydrogen (secondary N) is 2. The van der Waals surface area contributed by atoms with Crippen LogP contribution in [-0.4, -0.2) is 35.2 Å². The number of amides is 3. The molecule has 2 N–H and O–H groups in total. The van der Waals surface area contributed by atoms with E-state index in [1.807, 2.05) is 13.8 Å². The van der Waals surface area contributed by atoms with Crippen LogP contribution in [0.25, 0.3) is 0 Å². The van der Waals surface area contributed by atoms with Crippen molar-refractivity contribution in [3.63, 3.8) is 0 Å². The molecule has 0 aromatic heterocycles. The number of carbonyl (C=O) groups excluding carboxylic acids is 3. The molecule has 7 heteroatoms. The Morgan fingerprint density at radius 1 is 1.07 bits per heavy atom. The van der Waals surface area contributed by atoms with Crippen molar-refractivity contribution in [2.45, 2.75) is 26.3 Å². The van der Waals surface area contributed by atoms with Crippen LogP contribution in [0, 0.1) is 5.92 Å². The molecule has 2 aromatic carbocycles. The van der Waals surface area contributed by atoms with Crippen LogP contribution in [0.2, 0.25) is 5.02 Å². The first-order valence-electron chi connectivity index (χ1n) is 9.11. The second-order valence-corrected chi connectivity index (χ2v) is 7.45. The number of rotatable bonds is 5. The molecule has 0 radical (unpaired) electrons. The molecular formula is C21H22ClN3O3. The first kappa shape index (κ1) is 19.9. The molecule has 28 heavy (non-hydrogen) atoms. The van der Waals surface area contributed by atoms with Gasteiger partial charge in [-0.15, -0.1) is 0 Å². The van der Waals surface area contributed by atoms with Crippen molar-refractivity contribution in [1.29, 1.82) is 0 Å². The minimum absolute atomic E-state index is 0.00161. The number of benzene rings is 2. The lowest BCUT2D eigenvalue weighted by molar-refractivity contribution is -0.129. The Morgan fingerprint density at radius 2 is 1.75 bits per heavy atom. The van der Waals surface area contributed by atoms with Crippen LogP contribution in [0.4, 0.5) is 11.4 Å². The average Bonchev–Trinajstić information content (AvgIpc) is 3.06. The molecule has 6 nitrogen and oxygen atoms in total. The molecule has 1 aliphatic rings. The summed E-state index contributed by atoms with van der Waals surface area (Å²) in [6.45, 7) is 4.30. The van der Waals surface area contributed by atoms with E-state index in [1.165, 1.54) is 0 Å². The number of nitrogens with zero attached hydrogens (tertiary/aromatic N) is 1. The summed E-state index contributed by atoms with van der Waals surface area (Å²) >= 11 is 6.05. The lowest BCUT2D eigenvalue weighted by atomic mass is 10.1. The minimum atomic E-state index is -0.363. The maximum absolute atomic E-state index is 12.4. The molecule has 1 saturated heterocycles. The Morgan fingerprint density at radius 3 is 2.36 bits per heavy atom. The van der Waals surface area contributed by atoms with Crippen LogP contribution in [0.5, 0.6) is 0 Å². The van der Waals surface area contributed by atoms with Crippen molar-refractivity contribution >= 4 is 40.7 Å². The van der Waals surface area contributed by atoms with Gasteiger partial charge in [-0.05, 0) is 50.2 Å². The van der Waals surface area contributed by atoms with E-state index in [9.17, 15) is 14.4 Å². The Hall–Kier alpha value is -2.86. The van der Waals surface area contributed by atoms with Gasteiger partial charge in [-0.25, -0.2) is 0 Å². The van der Waals surface area contributed by atoms with Crippen LogP contribution in [-0.2, 0) is 9.59 Å². The van der Waals surface area contributed by atoms with E-state index in [0.717, 1.165) is 0 Å². The third-order valence-corrected chi connectivity index (χ3v) is 5.02. The van der Waals surface area contributed by atoms with Crippen LogP contribution in [0.15, 0.2) is 48.5 Å². The van der Waals surface area contributed by atoms with Crippen LogP contribution < -0.4 is 10.6 Å². The highest BCUT2D eigenvalue weighted by atomic mass is 35.5. The topological polar surface area (TPSA) is 78.5 Å². The van der Waals surface area contributed by atoms with E-state index in [4.69, 9.17) is 11.6 Å². The summed E-state index contributed by atoms with van der Waals surface area (Å²) in [4.78, 5) is 38.5. The lowest BCUT2D eigenvalue weighted by Gasteiger charge is -2.20. The van der Waals surface area contributed by atoms with Crippen molar-refractivity contribution in [2.24, 2.45) is 5.92 Å². The van der Waals surface area contributed by atoms with Gasteiger partial charge in [0.2, 0.25) is 11.8 Å². The molecule has 3 amide bonds. The van der Waals surface area contributed by atoms with Crippen LogP contribution >= 0.6 is 11.6 Å². The second-order valence-electron chi connectivity index (χ2n) is 7.04. The maximum Gasteiger partial charge on any atom is 0.255 e. The van der Waals surface area contributed by atoms with Gasteiger partial charge in [0.15, 0.2) is 0 Å². The summed E-state index contributed by atoms with van der Waals surface area (Å²) in [7, 11) is 0. The quantitative estimate of drug-likeness (QED) is 0.802. The zero-order valence-corrected chi connectivity index (χ0v) is 16.5. The fourth-order valence-electron chi connectivity index (χ4n) is 3.11. The van der Waals surface area contributed by atoms with Gasteiger partial charge in [0.25, 0.3) is 5.91 Å². The van der Waals surface area contributed by atoms with Crippen molar-refractivity contribution in [2.75, 3.05) is 17.2 Å². The molecule has 1 heterocycles. The number of anilines is 2. The number of halogens is 1. The molecule has 1 aliphatic heterocycles. The Bertz CT molecular complexity index is 896. The third kappa shape index (κ3) is 4.51. The predicted molar refractivity (Wildman–Crippen MR) is 109 cm³/mol. The average molecular weight is 400 g/mol. The molecule has 146 valence electrons. The van der Waals surface area contributed by atoms with Crippen LogP contribution in [0.1, 0.15) is 30.6 Å². The van der Waals surface area contributed by atoms with E-state index in [0.29, 0.717) is 28.5 Å². The molecule has 1 fully saturated rings.